The summed E-state index contributed by atoms with van der Waals surface area (Å²) in [7, 11) is 0. The van der Waals surface area contributed by atoms with Crippen molar-refractivity contribution in [3.05, 3.63) is 0 Å². The zero-order valence-corrected chi connectivity index (χ0v) is 10.7. The summed E-state index contributed by atoms with van der Waals surface area (Å²) in [4.78, 5) is 11.3. The van der Waals surface area contributed by atoms with Gasteiger partial charge in [-0.25, -0.2) is 0 Å². The highest BCUT2D eigenvalue weighted by Crippen LogP contribution is 2.05. The topological polar surface area (TPSA) is 55.1 Å². The molecule has 0 radical (unpaired) electrons. The van der Waals surface area contributed by atoms with E-state index in [1.807, 2.05) is 18.7 Å². The molecule has 1 unspecified atom stereocenters. The van der Waals surface area contributed by atoms with Crippen molar-refractivity contribution in [1.29, 1.82) is 0 Å². The molecule has 0 aromatic carbocycles. The smallest absolute Gasteiger partial charge is 0.220 e. The predicted molar refractivity (Wildman–Crippen MR) is 68.1 cm³/mol. The lowest BCUT2D eigenvalue weighted by molar-refractivity contribution is -0.120. The van der Waals surface area contributed by atoms with Gasteiger partial charge in [-0.2, -0.15) is 11.8 Å². The number of unbranched alkanes of at least 4 members (excludes halogenated alkanes) is 1. The van der Waals surface area contributed by atoms with Gasteiger partial charge in [-0.05, 0) is 24.6 Å². The van der Waals surface area contributed by atoms with Crippen molar-refractivity contribution in [2.24, 2.45) is 11.7 Å². The van der Waals surface area contributed by atoms with Crippen molar-refractivity contribution in [2.45, 2.75) is 33.1 Å². The monoisotopic (exact) mass is 232 g/mol. The normalized spacial score (nSPS) is 12.5. The van der Waals surface area contributed by atoms with Gasteiger partial charge in [-0.1, -0.05) is 20.3 Å². The van der Waals surface area contributed by atoms with Crippen LogP contribution in [0.4, 0.5) is 0 Å². The Morgan fingerprint density at radius 3 is 2.80 bits per heavy atom. The highest BCUT2D eigenvalue weighted by atomic mass is 32.2. The Balaban J connectivity index is 3.26. The largest absolute Gasteiger partial charge is 0.356 e. The lowest BCUT2D eigenvalue weighted by atomic mass is 10.2. The standard InChI is InChI=1S/C11H24N2OS/c1-3-4-6-15-7-5-11(14)13-9-10(2)8-12/h10H,3-9,12H2,1-2H3,(H,13,14). The first kappa shape index (κ1) is 14.8. The van der Waals surface area contributed by atoms with Crippen LogP contribution in [0.5, 0.6) is 0 Å². The fraction of sp³-hybridized carbons (Fsp3) is 0.909. The van der Waals surface area contributed by atoms with Crippen LogP contribution in [-0.2, 0) is 4.79 Å². The van der Waals surface area contributed by atoms with E-state index in [0.717, 1.165) is 5.75 Å². The number of carbonyl (C=O) groups excluding carboxylic acids is 1. The molecule has 0 saturated carbocycles. The summed E-state index contributed by atoms with van der Waals surface area (Å²) >= 11 is 1.86. The third-order valence-electron chi connectivity index (χ3n) is 2.17. The van der Waals surface area contributed by atoms with E-state index in [-0.39, 0.29) is 5.91 Å². The molecule has 0 aliphatic carbocycles. The Morgan fingerprint density at radius 1 is 1.47 bits per heavy atom. The molecule has 0 aromatic rings. The summed E-state index contributed by atoms with van der Waals surface area (Å²) in [5.41, 5.74) is 5.46. The summed E-state index contributed by atoms with van der Waals surface area (Å²) in [5.74, 6) is 2.63. The zero-order chi connectivity index (χ0) is 11.5. The number of carbonyl (C=O) groups is 1. The molecule has 0 fully saturated rings. The Labute approximate surface area is 97.6 Å². The third kappa shape index (κ3) is 10.1. The first-order valence-corrected chi connectivity index (χ1v) is 6.90. The number of nitrogens with two attached hydrogens (primary N) is 1. The third-order valence-corrected chi connectivity index (χ3v) is 3.24. The molecule has 3 N–H and O–H groups in total. The Morgan fingerprint density at radius 2 is 2.20 bits per heavy atom. The Bertz CT molecular complexity index is 165. The molecular formula is C11H24N2OS. The van der Waals surface area contributed by atoms with Crippen molar-refractivity contribution in [3.8, 4) is 0 Å². The molecule has 1 atom stereocenters. The van der Waals surface area contributed by atoms with E-state index in [2.05, 4.69) is 12.2 Å². The average Bonchev–Trinajstić information content (AvgIpc) is 2.25. The SMILES string of the molecule is CCCCSCCC(=O)NCC(C)CN. The number of nitrogens with one attached hydrogen (secondary N) is 1. The molecule has 0 aliphatic rings. The number of rotatable bonds is 9. The van der Waals surface area contributed by atoms with Gasteiger partial charge in [0.25, 0.3) is 0 Å². The molecule has 1 amide bonds. The molecule has 0 heterocycles. The minimum Gasteiger partial charge on any atom is -0.356 e. The van der Waals surface area contributed by atoms with Crippen LogP contribution < -0.4 is 11.1 Å². The van der Waals surface area contributed by atoms with Crippen molar-refractivity contribution in [3.63, 3.8) is 0 Å². The molecular weight excluding hydrogens is 208 g/mol. The fourth-order valence-electron chi connectivity index (χ4n) is 0.973. The van der Waals surface area contributed by atoms with Gasteiger partial charge in [-0.15, -0.1) is 0 Å². The maximum absolute atomic E-state index is 11.3. The van der Waals surface area contributed by atoms with Gasteiger partial charge in [-0.3, -0.25) is 4.79 Å². The van der Waals surface area contributed by atoms with E-state index in [9.17, 15) is 4.79 Å². The summed E-state index contributed by atoms with van der Waals surface area (Å²) in [6, 6.07) is 0. The molecule has 0 spiro atoms. The summed E-state index contributed by atoms with van der Waals surface area (Å²) in [6.45, 7) is 5.55. The lowest BCUT2D eigenvalue weighted by Crippen LogP contribution is -2.31. The minimum atomic E-state index is 0.152. The van der Waals surface area contributed by atoms with E-state index in [1.165, 1.54) is 18.6 Å². The first-order chi connectivity index (χ1) is 7.20. The Kier molecular flexibility index (Phi) is 10.2. The van der Waals surface area contributed by atoms with Crippen molar-refractivity contribution < 1.29 is 4.79 Å². The lowest BCUT2D eigenvalue weighted by Gasteiger charge is -2.09. The Hall–Kier alpha value is -0.220. The van der Waals surface area contributed by atoms with E-state index >= 15 is 0 Å². The van der Waals surface area contributed by atoms with Gasteiger partial charge >= 0.3 is 0 Å². The van der Waals surface area contributed by atoms with Gasteiger partial charge in [0.15, 0.2) is 0 Å². The van der Waals surface area contributed by atoms with Crippen LogP contribution in [0, 0.1) is 5.92 Å². The number of amides is 1. The molecule has 15 heavy (non-hydrogen) atoms. The quantitative estimate of drug-likeness (QED) is 0.594. The minimum absolute atomic E-state index is 0.152. The second-order valence-corrected chi connectivity index (χ2v) is 5.09. The van der Waals surface area contributed by atoms with Gasteiger partial charge < -0.3 is 11.1 Å². The van der Waals surface area contributed by atoms with Gasteiger partial charge in [0.05, 0.1) is 0 Å². The highest BCUT2D eigenvalue weighted by molar-refractivity contribution is 7.99. The van der Waals surface area contributed by atoms with E-state index in [4.69, 9.17) is 5.73 Å². The molecule has 0 aromatic heterocycles. The predicted octanol–water partition coefficient (Wildman–Crippen LogP) is 1.62. The second kappa shape index (κ2) is 10.3. The summed E-state index contributed by atoms with van der Waals surface area (Å²) < 4.78 is 0. The molecule has 0 bridgehead atoms. The summed E-state index contributed by atoms with van der Waals surface area (Å²) in [6.07, 6.45) is 3.11. The molecule has 0 aliphatic heterocycles. The number of hydrogen-bond acceptors (Lipinski definition) is 3. The zero-order valence-electron chi connectivity index (χ0n) is 9.92. The van der Waals surface area contributed by atoms with Gasteiger partial charge in [0.2, 0.25) is 5.91 Å². The van der Waals surface area contributed by atoms with Crippen LogP contribution in [-0.4, -0.2) is 30.5 Å². The van der Waals surface area contributed by atoms with Crippen molar-refractivity contribution in [1.82, 2.24) is 5.32 Å². The van der Waals surface area contributed by atoms with E-state index in [1.54, 1.807) is 0 Å². The van der Waals surface area contributed by atoms with Crippen LogP contribution in [0.25, 0.3) is 0 Å². The van der Waals surface area contributed by atoms with Crippen LogP contribution in [0.15, 0.2) is 0 Å². The van der Waals surface area contributed by atoms with Gasteiger partial charge in [0, 0.05) is 18.7 Å². The molecule has 3 nitrogen and oxygen atoms in total. The van der Waals surface area contributed by atoms with Crippen molar-refractivity contribution in [2.75, 3.05) is 24.6 Å². The van der Waals surface area contributed by atoms with Crippen molar-refractivity contribution >= 4 is 17.7 Å². The van der Waals surface area contributed by atoms with E-state index in [0.29, 0.717) is 25.4 Å². The molecule has 0 rings (SSSR count). The van der Waals surface area contributed by atoms with Crippen LogP contribution in [0.1, 0.15) is 33.1 Å². The second-order valence-electron chi connectivity index (χ2n) is 3.86. The number of thioether (sulfide) groups is 1. The maximum Gasteiger partial charge on any atom is 0.220 e. The van der Waals surface area contributed by atoms with Crippen LogP contribution >= 0.6 is 11.8 Å². The molecule has 90 valence electrons. The highest BCUT2D eigenvalue weighted by Gasteiger charge is 2.03. The summed E-state index contributed by atoms with van der Waals surface area (Å²) in [5, 5.41) is 2.89. The van der Waals surface area contributed by atoms with Crippen LogP contribution in [0.3, 0.4) is 0 Å². The maximum atomic E-state index is 11.3. The average molecular weight is 232 g/mol. The fourth-order valence-corrected chi connectivity index (χ4v) is 2.00. The first-order valence-electron chi connectivity index (χ1n) is 5.75. The molecule has 4 heteroatoms. The van der Waals surface area contributed by atoms with E-state index < -0.39 is 0 Å². The van der Waals surface area contributed by atoms with Gasteiger partial charge in [0.1, 0.15) is 0 Å². The number of hydrogen-bond donors (Lipinski definition) is 2. The van der Waals surface area contributed by atoms with Crippen LogP contribution in [0.2, 0.25) is 0 Å². The molecule has 0 saturated heterocycles.